The molecule has 3 heterocycles. The van der Waals surface area contributed by atoms with E-state index in [1.165, 1.54) is 16.8 Å². The van der Waals surface area contributed by atoms with Gasteiger partial charge in [0.25, 0.3) is 11.5 Å². The van der Waals surface area contributed by atoms with Gasteiger partial charge >= 0.3 is 0 Å². The number of ether oxygens (including phenoxy) is 1. The molecule has 0 unspecified atom stereocenters. The Balaban J connectivity index is 1.98. The van der Waals surface area contributed by atoms with Crippen LogP contribution in [0.3, 0.4) is 0 Å². The summed E-state index contributed by atoms with van der Waals surface area (Å²) in [6.45, 7) is 10.5. The molecule has 0 aliphatic rings. The Morgan fingerprint density at radius 2 is 1.84 bits per heavy atom. The van der Waals surface area contributed by atoms with Gasteiger partial charge < -0.3 is 24.7 Å². The van der Waals surface area contributed by atoms with Crippen LogP contribution in [0.4, 0.5) is 4.39 Å². The van der Waals surface area contributed by atoms with Crippen molar-refractivity contribution in [1.29, 1.82) is 0 Å². The molecule has 0 aliphatic carbocycles. The number of aromatic amines is 1. The molecule has 0 aliphatic heterocycles. The van der Waals surface area contributed by atoms with E-state index in [4.69, 9.17) is 16.3 Å². The molecule has 200 valence electrons. The number of rotatable bonds is 5. The first-order valence-corrected chi connectivity index (χ1v) is 12.3. The van der Waals surface area contributed by atoms with Crippen molar-refractivity contribution in [3.8, 4) is 22.8 Å². The molecule has 0 bridgehead atoms. The van der Waals surface area contributed by atoms with Crippen LogP contribution >= 0.6 is 11.6 Å². The van der Waals surface area contributed by atoms with Crippen LogP contribution in [0.25, 0.3) is 22.0 Å². The topological polar surface area (TPSA) is 109 Å². The summed E-state index contributed by atoms with van der Waals surface area (Å²) in [5.41, 5.74) is 0.299. The number of aryl methyl sites for hydroxylation is 2. The highest BCUT2D eigenvalue weighted by atomic mass is 35.5. The van der Waals surface area contributed by atoms with Crippen LogP contribution in [-0.4, -0.2) is 31.1 Å². The van der Waals surface area contributed by atoms with Crippen LogP contribution in [0, 0.1) is 12.7 Å². The predicted octanol–water partition coefficient (Wildman–Crippen LogP) is 5.58. The lowest BCUT2D eigenvalue weighted by molar-refractivity contribution is 0.0781. The molecule has 0 radical (unpaired) electrons. The zero-order valence-corrected chi connectivity index (χ0v) is 23.0. The van der Waals surface area contributed by atoms with E-state index in [9.17, 15) is 19.1 Å². The van der Waals surface area contributed by atoms with E-state index >= 15 is 0 Å². The number of aromatic nitrogens is 3. The maximum absolute atomic E-state index is 13.9. The van der Waals surface area contributed by atoms with Gasteiger partial charge in [-0.15, -0.1) is 0 Å². The van der Waals surface area contributed by atoms with Crippen molar-refractivity contribution in [3.63, 3.8) is 0 Å². The molecule has 0 saturated heterocycles. The normalized spacial score (nSPS) is 12.2. The Morgan fingerprint density at radius 3 is 2.45 bits per heavy atom. The lowest BCUT2D eigenvalue weighted by Crippen LogP contribution is -2.40. The number of pyridine rings is 2. The molecular formula is C28H30ClFN4O4. The molecule has 8 nitrogen and oxygen atoms in total. The van der Waals surface area contributed by atoms with Crippen molar-refractivity contribution in [2.45, 2.75) is 52.7 Å². The molecule has 0 fully saturated rings. The number of nitrogens with zero attached hydrogens (tertiary/aromatic N) is 2. The van der Waals surface area contributed by atoms with Crippen LogP contribution in [0.1, 0.15) is 56.2 Å². The molecule has 0 spiro atoms. The third-order valence-electron chi connectivity index (χ3n) is 5.94. The van der Waals surface area contributed by atoms with Gasteiger partial charge in [0.05, 0.1) is 10.6 Å². The Hall–Kier alpha value is -3.69. The van der Waals surface area contributed by atoms with Crippen LogP contribution in [0.5, 0.6) is 11.6 Å². The second-order valence-electron chi connectivity index (χ2n) is 10.9. The van der Waals surface area contributed by atoms with E-state index in [-0.39, 0.29) is 39.3 Å². The van der Waals surface area contributed by atoms with Crippen molar-refractivity contribution < 1.29 is 19.0 Å². The number of benzene rings is 1. The second-order valence-corrected chi connectivity index (χ2v) is 11.3. The number of nitrogens with one attached hydrogen (secondary N) is 2. The van der Waals surface area contributed by atoms with Gasteiger partial charge in [0.1, 0.15) is 17.0 Å². The Labute approximate surface area is 224 Å². The minimum atomic E-state index is -1.24. The van der Waals surface area contributed by atoms with Gasteiger partial charge in [0, 0.05) is 47.1 Å². The third-order valence-corrected chi connectivity index (χ3v) is 6.22. The minimum Gasteiger partial charge on any atom is -0.437 e. The number of hydrogen-bond donors (Lipinski definition) is 3. The van der Waals surface area contributed by atoms with Crippen LogP contribution < -0.4 is 15.6 Å². The highest BCUT2D eigenvalue weighted by Gasteiger charge is 2.25. The van der Waals surface area contributed by atoms with Crippen molar-refractivity contribution >= 4 is 28.4 Å². The number of carbonyl (C=O) groups is 1. The standard InChI is InChI=1S/C28H30ClFN4O4/c1-14-8-16(30)10-20(29)23(14)38-25-18(9-15(12-31-25)28(5,6)37)19-13-34(7)26(36)22-17(19)11-21(32-22)24(35)33-27(2,3)4/h8-13,32,37H,1-7H3,(H,33,35). The number of hydrogen-bond acceptors (Lipinski definition) is 5. The molecule has 3 N–H and O–H groups in total. The summed E-state index contributed by atoms with van der Waals surface area (Å²) in [7, 11) is 1.59. The average molecular weight is 541 g/mol. The zero-order chi connectivity index (χ0) is 28.2. The number of amides is 1. The third kappa shape index (κ3) is 5.44. The second kappa shape index (κ2) is 9.56. The van der Waals surface area contributed by atoms with Gasteiger partial charge in [-0.1, -0.05) is 11.6 Å². The van der Waals surface area contributed by atoms with E-state index in [0.29, 0.717) is 27.6 Å². The molecule has 4 aromatic rings. The SMILES string of the molecule is Cc1cc(F)cc(Cl)c1Oc1ncc(C(C)(C)O)cc1-c1cn(C)c(=O)c2[nH]c(C(=O)NC(C)(C)C)cc12. The number of halogens is 2. The van der Waals surface area contributed by atoms with E-state index in [1.807, 2.05) is 20.8 Å². The summed E-state index contributed by atoms with van der Waals surface area (Å²) >= 11 is 6.29. The zero-order valence-electron chi connectivity index (χ0n) is 22.3. The summed E-state index contributed by atoms with van der Waals surface area (Å²) in [5.74, 6) is -0.525. The largest absolute Gasteiger partial charge is 0.437 e. The smallest absolute Gasteiger partial charge is 0.274 e. The molecule has 3 aromatic heterocycles. The monoisotopic (exact) mass is 540 g/mol. The maximum Gasteiger partial charge on any atom is 0.274 e. The van der Waals surface area contributed by atoms with E-state index in [2.05, 4.69) is 15.3 Å². The van der Waals surface area contributed by atoms with E-state index in [0.717, 1.165) is 6.07 Å². The van der Waals surface area contributed by atoms with Crippen molar-refractivity contribution in [2.75, 3.05) is 0 Å². The molecule has 0 saturated carbocycles. The first-order valence-electron chi connectivity index (χ1n) is 12.0. The van der Waals surface area contributed by atoms with Gasteiger partial charge in [0.2, 0.25) is 5.88 Å². The number of H-pyrrole nitrogens is 1. The molecule has 1 aromatic carbocycles. The van der Waals surface area contributed by atoms with Crippen molar-refractivity contribution in [2.24, 2.45) is 7.05 Å². The summed E-state index contributed by atoms with van der Waals surface area (Å²) in [6, 6.07) is 5.74. The summed E-state index contributed by atoms with van der Waals surface area (Å²) in [5, 5.41) is 14.1. The highest BCUT2D eigenvalue weighted by molar-refractivity contribution is 6.32. The van der Waals surface area contributed by atoms with Gasteiger partial charge in [-0.2, -0.15) is 0 Å². The fourth-order valence-electron chi connectivity index (χ4n) is 4.05. The summed E-state index contributed by atoms with van der Waals surface area (Å²) in [4.78, 5) is 33.3. The van der Waals surface area contributed by atoms with E-state index < -0.39 is 17.0 Å². The molecule has 0 atom stereocenters. The van der Waals surface area contributed by atoms with Crippen molar-refractivity contribution in [3.05, 3.63) is 74.7 Å². The Kier molecular flexibility index (Phi) is 6.88. The first-order chi connectivity index (χ1) is 17.5. The predicted molar refractivity (Wildman–Crippen MR) is 145 cm³/mol. The van der Waals surface area contributed by atoms with E-state index in [1.54, 1.807) is 46.1 Å². The minimum absolute atomic E-state index is 0.0650. The quantitative estimate of drug-likeness (QED) is 0.306. The average Bonchev–Trinajstić information content (AvgIpc) is 3.23. The number of aliphatic hydroxyl groups is 1. The van der Waals surface area contributed by atoms with Crippen LogP contribution in [-0.2, 0) is 12.6 Å². The van der Waals surface area contributed by atoms with Gasteiger partial charge in [-0.05, 0) is 71.4 Å². The Morgan fingerprint density at radius 1 is 1.16 bits per heavy atom. The van der Waals surface area contributed by atoms with Gasteiger partial charge in [0.15, 0.2) is 5.75 Å². The Bertz CT molecular complexity index is 1600. The molecule has 38 heavy (non-hydrogen) atoms. The maximum atomic E-state index is 13.9. The van der Waals surface area contributed by atoms with Crippen molar-refractivity contribution in [1.82, 2.24) is 19.9 Å². The van der Waals surface area contributed by atoms with Crippen LogP contribution in [0.15, 0.2) is 41.5 Å². The molecule has 10 heteroatoms. The fourth-order valence-corrected chi connectivity index (χ4v) is 4.35. The molecular weight excluding hydrogens is 511 g/mol. The lowest BCUT2D eigenvalue weighted by atomic mass is 9.96. The molecule has 4 rings (SSSR count). The number of fused-ring (bicyclic) bond motifs is 1. The van der Waals surface area contributed by atoms with Crippen LogP contribution in [0.2, 0.25) is 5.02 Å². The lowest BCUT2D eigenvalue weighted by Gasteiger charge is -2.21. The molecule has 1 amide bonds. The fraction of sp³-hybridized carbons (Fsp3) is 0.321. The van der Waals surface area contributed by atoms with Gasteiger partial charge in [-0.3, -0.25) is 9.59 Å². The van der Waals surface area contributed by atoms with Gasteiger partial charge in [-0.25, -0.2) is 9.37 Å². The summed E-state index contributed by atoms with van der Waals surface area (Å²) < 4.78 is 21.4. The number of carbonyl (C=O) groups excluding carboxylic acids is 1. The highest BCUT2D eigenvalue weighted by Crippen LogP contribution is 2.40. The first kappa shape index (κ1) is 27.3. The summed E-state index contributed by atoms with van der Waals surface area (Å²) in [6.07, 6.45) is 3.09.